The highest BCUT2D eigenvalue weighted by atomic mass is 32.2. The van der Waals surface area contributed by atoms with Crippen LogP contribution in [0.25, 0.3) is 11.0 Å². The Morgan fingerprint density at radius 3 is 2.57 bits per heavy atom. The molecular weight excluding hydrogens is 372 g/mol. The number of imidazole rings is 1. The normalized spacial score (nSPS) is 20.0. The van der Waals surface area contributed by atoms with Crippen molar-refractivity contribution in [2.24, 2.45) is 0 Å². The fraction of sp³-hybridized carbons (Fsp3) is 0.571. The van der Waals surface area contributed by atoms with Crippen molar-refractivity contribution in [3.63, 3.8) is 0 Å². The molecular formula is C21H30N4O2S. The number of para-hydroxylation sites is 2. The minimum atomic E-state index is -0.0513. The highest BCUT2D eigenvalue weighted by Gasteiger charge is 2.29. The molecule has 0 bridgehead atoms. The highest BCUT2D eigenvalue weighted by Crippen LogP contribution is 2.27. The maximum atomic E-state index is 12.9. The summed E-state index contributed by atoms with van der Waals surface area (Å²) in [6.45, 7) is 8.34. The van der Waals surface area contributed by atoms with Gasteiger partial charge >= 0.3 is 0 Å². The van der Waals surface area contributed by atoms with Gasteiger partial charge in [0.15, 0.2) is 5.16 Å². The van der Waals surface area contributed by atoms with E-state index in [4.69, 9.17) is 0 Å². The van der Waals surface area contributed by atoms with Crippen LogP contribution in [0, 0.1) is 0 Å². The van der Waals surface area contributed by atoms with E-state index in [1.165, 1.54) is 18.2 Å². The van der Waals surface area contributed by atoms with Crippen molar-refractivity contribution in [2.45, 2.75) is 76.8 Å². The van der Waals surface area contributed by atoms with Gasteiger partial charge in [-0.1, -0.05) is 23.9 Å². The number of amides is 2. The van der Waals surface area contributed by atoms with Crippen molar-refractivity contribution in [1.29, 1.82) is 0 Å². The maximum absolute atomic E-state index is 12.9. The molecule has 1 saturated heterocycles. The van der Waals surface area contributed by atoms with Crippen LogP contribution in [0.1, 0.15) is 47.0 Å². The lowest BCUT2D eigenvalue weighted by atomic mass is 9.98. The van der Waals surface area contributed by atoms with Crippen LogP contribution in [0.2, 0.25) is 0 Å². The van der Waals surface area contributed by atoms with E-state index in [-0.39, 0.29) is 36.5 Å². The molecule has 0 saturated carbocycles. The second kappa shape index (κ2) is 8.99. The molecule has 152 valence electrons. The first-order chi connectivity index (χ1) is 13.4. The van der Waals surface area contributed by atoms with Gasteiger partial charge in [-0.15, -0.1) is 0 Å². The molecule has 2 heterocycles. The Morgan fingerprint density at radius 1 is 1.21 bits per heavy atom. The summed E-state index contributed by atoms with van der Waals surface area (Å²) in [5, 5.41) is 3.64. The number of hydrogen-bond acceptors (Lipinski definition) is 4. The average Bonchev–Trinajstić information content (AvgIpc) is 2.97. The molecule has 2 atom stereocenters. The Bertz CT molecular complexity index is 838. The van der Waals surface area contributed by atoms with Crippen LogP contribution >= 0.6 is 11.8 Å². The van der Waals surface area contributed by atoms with Gasteiger partial charge in [0, 0.05) is 18.1 Å². The minimum absolute atomic E-state index is 0.0513. The van der Waals surface area contributed by atoms with Gasteiger partial charge < -0.3 is 14.8 Å². The number of hydrogen-bond donors (Lipinski definition) is 1. The predicted molar refractivity (Wildman–Crippen MR) is 113 cm³/mol. The van der Waals surface area contributed by atoms with Crippen LogP contribution in [0.3, 0.4) is 0 Å². The Labute approximate surface area is 171 Å². The lowest BCUT2D eigenvalue weighted by molar-refractivity contribution is -0.134. The molecule has 1 aromatic carbocycles. The van der Waals surface area contributed by atoms with Crippen LogP contribution in [-0.4, -0.2) is 50.1 Å². The van der Waals surface area contributed by atoms with Crippen molar-refractivity contribution >= 4 is 34.6 Å². The topological polar surface area (TPSA) is 67.2 Å². The van der Waals surface area contributed by atoms with Gasteiger partial charge in [-0.2, -0.15) is 0 Å². The standard InChI is InChI=1S/C21H30N4O2S/c1-14(2)22-19(26)12-24-18-11-6-5-10-17(18)23-21(24)28-13-20(27)25-15(3)8-7-9-16(25)4/h5-6,10-11,14-16H,7-9,12-13H2,1-4H3,(H,22,26). The Morgan fingerprint density at radius 2 is 1.89 bits per heavy atom. The van der Waals surface area contributed by atoms with E-state index in [2.05, 4.69) is 24.1 Å². The van der Waals surface area contributed by atoms with Crippen LogP contribution < -0.4 is 5.32 Å². The zero-order valence-corrected chi connectivity index (χ0v) is 18.0. The molecule has 2 aromatic rings. The second-order valence-corrected chi connectivity index (χ2v) is 8.85. The SMILES string of the molecule is CC(C)NC(=O)Cn1c(SCC(=O)N2C(C)CCCC2C)nc2ccccc21. The monoisotopic (exact) mass is 402 g/mol. The van der Waals surface area contributed by atoms with Crippen LogP contribution in [-0.2, 0) is 16.1 Å². The molecule has 28 heavy (non-hydrogen) atoms. The smallest absolute Gasteiger partial charge is 0.240 e. The summed E-state index contributed by atoms with van der Waals surface area (Å²) in [5.41, 5.74) is 1.76. The number of fused-ring (bicyclic) bond motifs is 1. The van der Waals surface area contributed by atoms with E-state index < -0.39 is 0 Å². The summed E-state index contributed by atoms with van der Waals surface area (Å²) in [6.07, 6.45) is 3.31. The van der Waals surface area contributed by atoms with E-state index in [0.29, 0.717) is 10.9 Å². The van der Waals surface area contributed by atoms with Gasteiger partial charge in [0.1, 0.15) is 6.54 Å². The second-order valence-electron chi connectivity index (χ2n) is 7.91. The largest absolute Gasteiger partial charge is 0.352 e. The summed E-state index contributed by atoms with van der Waals surface area (Å²) < 4.78 is 1.91. The summed E-state index contributed by atoms with van der Waals surface area (Å²) >= 11 is 1.42. The molecule has 1 N–H and O–H groups in total. The van der Waals surface area contributed by atoms with E-state index in [1.54, 1.807) is 0 Å². The van der Waals surface area contributed by atoms with Crippen molar-refractivity contribution in [3.8, 4) is 0 Å². The Balaban J connectivity index is 1.77. The molecule has 0 aliphatic carbocycles. The number of piperidine rings is 1. The van der Waals surface area contributed by atoms with Crippen molar-refractivity contribution < 1.29 is 9.59 Å². The Hall–Kier alpha value is -2.02. The van der Waals surface area contributed by atoms with E-state index in [0.717, 1.165) is 23.9 Å². The molecule has 1 aliphatic rings. The number of carbonyl (C=O) groups excluding carboxylic acids is 2. The highest BCUT2D eigenvalue weighted by molar-refractivity contribution is 7.99. The molecule has 1 aromatic heterocycles. The molecule has 7 heteroatoms. The number of rotatable bonds is 6. The first-order valence-corrected chi connectivity index (χ1v) is 11.0. The van der Waals surface area contributed by atoms with Gasteiger partial charge in [-0.3, -0.25) is 9.59 Å². The number of nitrogens with zero attached hydrogens (tertiary/aromatic N) is 3. The van der Waals surface area contributed by atoms with Crippen LogP contribution in [0.15, 0.2) is 29.4 Å². The molecule has 2 amide bonds. The number of nitrogens with one attached hydrogen (secondary N) is 1. The van der Waals surface area contributed by atoms with Crippen molar-refractivity contribution in [2.75, 3.05) is 5.75 Å². The van der Waals surface area contributed by atoms with Gasteiger partial charge in [-0.25, -0.2) is 4.98 Å². The summed E-state index contributed by atoms with van der Waals surface area (Å²) in [5.74, 6) is 0.434. The number of thioether (sulfide) groups is 1. The molecule has 1 fully saturated rings. The maximum Gasteiger partial charge on any atom is 0.240 e. The quantitative estimate of drug-likeness (QED) is 0.752. The van der Waals surface area contributed by atoms with Crippen LogP contribution in [0.4, 0.5) is 0 Å². The molecule has 1 aliphatic heterocycles. The predicted octanol–water partition coefficient (Wildman–Crippen LogP) is 3.44. The minimum Gasteiger partial charge on any atom is -0.352 e. The molecule has 6 nitrogen and oxygen atoms in total. The zero-order chi connectivity index (χ0) is 20.3. The fourth-order valence-corrected chi connectivity index (χ4v) is 4.82. The third kappa shape index (κ3) is 4.69. The van der Waals surface area contributed by atoms with E-state index in [1.807, 2.05) is 47.6 Å². The summed E-state index contributed by atoms with van der Waals surface area (Å²) in [6, 6.07) is 8.43. The molecule has 2 unspecified atom stereocenters. The van der Waals surface area contributed by atoms with Gasteiger partial charge in [0.2, 0.25) is 11.8 Å². The lowest BCUT2D eigenvalue weighted by Gasteiger charge is -2.39. The van der Waals surface area contributed by atoms with Gasteiger partial charge in [-0.05, 0) is 59.1 Å². The molecule has 0 spiro atoms. The number of benzene rings is 1. The number of aromatic nitrogens is 2. The van der Waals surface area contributed by atoms with Crippen molar-refractivity contribution in [1.82, 2.24) is 19.8 Å². The third-order valence-corrected chi connectivity index (χ3v) is 6.14. The van der Waals surface area contributed by atoms with Crippen molar-refractivity contribution in [3.05, 3.63) is 24.3 Å². The first kappa shape index (κ1) is 20.7. The number of carbonyl (C=O) groups is 2. The molecule has 3 rings (SSSR count). The van der Waals surface area contributed by atoms with Crippen LogP contribution in [0.5, 0.6) is 0 Å². The zero-order valence-electron chi connectivity index (χ0n) is 17.1. The first-order valence-electron chi connectivity index (χ1n) is 10.1. The van der Waals surface area contributed by atoms with E-state index in [9.17, 15) is 9.59 Å². The summed E-state index contributed by atoms with van der Waals surface area (Å²) in [7, 11) is 0. The molecule has 0 radical (unpaired) electrons. The third-order valence-electron chi connectivity index (χ3n) is 5.18. The fourth-order valence-electron chi connectivity index (χ4n) is 3.94. The lowest BCUT2D eigenvalue weighted by Crippen LogP contribution is -2.48. The van der Waals surface area contributed by atoms with Gasteiger partial charge in [0.25, 0.3) is 0 Å². The van der Waals surface area contributed by atoms with Gasteiger partial charge in [0.05, 0.1) is 16.8 Å². The number of likely N-dealkylation sites (tertiary alicyclic amines) is 1. The Kier molecular flexibility index (Phi) is 6.65. The summed E-state index contributed by atoms with van der Waals surface area (Å²) in [4.78, 5) is 31.9. The average molecular weight is 403 g/mol. The van der Waals surface area contributed by atoms with E-state index >= 15 is 0 Å².